The van der Waals surface area contributed by atoms with Gasteiger partial charge in [-0.3, -0.25) is 0 Å². The summed E-state index contributed by atoms with van der Waals surface area (Å²) in [7, 11) is 0. The van der Waals surface area contributed by atoms with Crippen molar-refractivity contribution in [1.82, 2.24) is 9.38 Å². The minimum atomic E-state index is -0.405. The molecule has 23 heavy (non-hydrogen) atoms. The molecule has 0 atom stereocenters. The number of hydrogen-bond acceptors (Lipinski definition) is 7. The fourth-order valence-electron chi connectivity index (χ4n) is 2.31. The quantitative estimate of drug-likeness (QED) is 0.531. The number of rotatable bonds is 3. The van der Waals surface area contributed by atoms with Gasteiger partial charge in [0.1, 0.15) is 6.20 Å². The van der Waals surface area contributed by atoms with Gasteiger partial charge in [0.25, 0.3) is 4.96 Å². The Hall–Kier alpha value is -2.26. The standard InChI is InChI=1S/C14H11N3O4S2/c18-17(19)13-12(15-14-16(13)4-7-22-14)23-9-2-3-10-11(8-9)21-6-1-5-20-10/h2-4,7-8H,1,5-6H2. The van der Waals surface area contributed by atoms with Crippen molar-refractivity contribution in [3.05, 3.63) is 39.9 Å². The lowest BCUT2D eigenvalue weighted by Crippen LogP contribution is -1.97. The molecular formula is C14H11N3O4S2. The van der Waals surface area contributed by atoms with E-state index in [0.717, 1.165) is 11.3 Å². The second-order valence-corrected chi connectivity index (χ2v) is 6.75. The van der Waals surface area contributed by atoms with Crippen LogP contribution >= 0.6 is 23.1 Å². The maximum atomic E-state index is 11.4. The molecule has 1 aliphatic heterocycles. The Morgan fingerprint density at radius 1 is 1.30 bits per heavy atom. The summed E-state index contributed by atoms with van der Waals surface area (Å²) < 4.78 is 12.7. The van der Waals surface area contributed by atoms with Gasteiger partial charge in [-0.05, 0) is 23.1 Å². The topological polar surface area (TPSA) is 78.9 Å². The molecule has 7 nitrogen and oxygen atoms in total. The van der Waals surface area contributed by atoms with Crippen LogP contribution in [0.3, 0.4) is 0 Å². The molecule has 0 aliphatic carbocycles. The molecular weight excluding hydrogens is 338 g/mol. The second kappa shape index (κ2) is 5.74. The molecule has 9 heteroatoms. The van der Waals surface area contributed by atoms with E-state index in [-0.39, 0.29) is 5.82 Å². The van der Waals surface area contributed by atoms with E-state index in [0.29, 0.717) is 34.7 Å². The van der Waals surface area contributed by atoms with Crippen LogP contribution in [0.1, 0.15) is 6.42 Å². The van der Waals surface area contributed by atoms with Gasteiger partial charge in [-0.1, -0.05) is 23.1 Å². The van der Waals surface area contributed by atoms with Crippen LogP contribution in [0.5, 0.6) is 11.5 Å². The number of benzene rings is 1. The zero-order valence-corrected chi connectivity index (χ0v) is 13.4. The van der Waals surface area contributed by atoms with Crippen LogP contribution in [0.25, 0.3) is 4.96 Å². The van der Waals surface area contributed by atoms with Gasteiger partial charge in [0.05, 0.1) is 13.2 Å². The monoisotopic (exact) mass is 349 g/mol. The molecule has 0 radical (unpaired) electrons. The third kappa shape index (κ3) is 2.62. The van der Waals surface area contributed by atoms with Crippen LogP contribution in [0.4, 0.5) is 5.82 Å². The van der Waals surface area contributed by atoms with Crippen LogP contribution < -0.4 is 9.47 Å². The van der Waals surface area contributed by atoms with Gasteiger partial charge in [0.15, 0.2) is 11.5 Å². The number of hydrogen-bond donors (Lipinski definition) is 0. The van der Waals surface area contributed by atoms with Crippen molar-refractivity contribution in [3.63, 3.8) is 0 Å². The number of aromatic nitrogens is 2. The second-order valence-electron chi connectivity index (χ2n) is 4.81. The molecule has 3 heterocycles. The third-order valence-electron chi connectivity index (χ3n) is 3.31. The van der Waals surface area contributed by atoms with Crippen LogP contribution in [0.15, 0.2) is 39.7 Å². The highest BCUT2D eigenvalue weighted by Crippen LogP contribution is 2.40. The average molecular weight is 349 g/mol. The summed E-state index contributed by atoms with van der Waals surface area (Å²) in [5.41, 5.74) is 0. The van der Waals surface area contributed by atoms with Gasteiger partial charge in [-0.2, -0.15) is 9.38 Å². The van der Waals surface area contributed by atoms with Gasteiger partial charge in [-0.15, -0.1) is 0 Å². The number of nitrogens with zero attached hydrogens (tertiary/aromatic N) is 3. The fraction of sp³-hybridized carbons (Fsp3) is 0.214. The summed E-state index contributed by atoms with van der Waals surface area (Å²) in [6, 6.07) is 5.52. The smallest absolute Gasteiger partial charge is 0.363 e. The van der Waals surface area contributed by atoms with Crippen molar-refractivity contribution in [2.45, 2.75) is 16.3 Å². The molecule has 118 valence electrons. The number of ether oxygens (including phenoxy) is 2. The van der Waals surface area contributed by atoms with Crippen molar-refractivity contribution in [1.29, 1.82) is 0 Å². The zero-order valence-electron chi connectivity index (χ0n) is 11.8. The predicted octanol–water partition coefficient (Wildman–Crippen LogP) is 3.62. The van der Waals surface area contributed by atoms with E-state index in [1.54, 1.807) is 11.6 Å². The predicted molar refractivity (Wildman–Crippen MR) is 85.9 cm³/mol. The molecule has 2 aromatic heterocycles. The summed E-state index contributed by atoms with van der Waals surface area (Å²) in [5, 5.41) is 13.5. The van der Waals surface area contributed by atoms with Crippen LogP contribution in [0.2, 0.25) is 0 Å². The van der Waals surface area contributed by atoms with Gasteiger partial charge in [-0.25, -0.2) is 0 Å². The molecule has 1 aromatic carbocycles. The Balaban J connectivity index is 1.70. The van der Waals surface area contributed by atoms with Crippen LogP contribution in [-0.4, -0.2) is 27.5 Å². The Morgan fingerprint density at radius 3 is 2.96 bits per heavy atom. The fourth-order valence-corrected chi connectivity index (χ4v) is 4.00. The molecule has 4 rings (SSSR count). The molecule has 0 N–H and O–H groups in total. The lowest BCUT2D eigenvalue weighted by atomic mass is 10.3. The Bertz CT molecular complexity index is 889. The van der Waals surface area contributed by atoms with E-state index < -0.39 is 4.92 Å². The van der Waals surface area contributed by atoms with E-state index in [2.05, 4.69) is 4.98 Å². The van der Waals surface area contributed by atoms with E-state index >= 15 is 0 Å². The molecule has 0 unspecified atom stereocenters. The molecule has 1 aliphatic rings. The molecule has 0 saturated heterocycles. The largest absolute Gasteiger partial charge is 0.490 e. The number of imidazole rings is 1. The van der Waals surface area contributed by atoms with E-state index in [9.17, 15) is 10.1 Å². The van der Waals surface area contributed by atoms with Gasteiger partial charge in [0.2, 0.25) is 5.03 Å². The van der Waals surface area contributed by atoms with Crippen molar-refractivity contribution >= 4 is 33.9 Å². The van der Waals surface area contributed by atoms with Crippen molar-refractivity contribution in [2.75, 3.05) is 13.2 Å². The van der Waals surface area contributed by atoms with E-state index in [4.69, 9.17) is 9.47 Å². The minimum absolute atomic E-state index is 0.0154. The summed E-state index contributed by atoms with van der Waals surface area (Å²) in [6.45, 7) is 1.23. The lowest BCUT2D eigenvalue weighted by Gasteiger charge is -2.08. The maximum absolute atomic E-state index is 11.4. The van der Waals surface area contributed by atoms with E-state index in [1.165, 1.54) is 27.5 Å². The SMILES string of the molecule is O=[N+]([O-])c1c(Sc2ccc3c(c2)OCCCO3)nc2sccn12. The Morgan fingerprint density at radius 2 is 2.13 bits per heavy atom. The molecule has 0 fully saturated rings. The highest BCUT2D eigenvalue weighted by atomic mass is 32.2. The van der Waals surface area contributed by atoms with Crippen molar-refractivity contribution in [2.24, 2.45) is 0 Å². The number of nitro groups is 1. The summed E-state index contributed by atoms with van der Waals surface area (Å²) in [5.74, 6) is 1.35. The number of thiazole rings is 1. The molecule has 3 aromatic rings. The van der Waals surface area contributed by atoms with Gasteiger partial charge < -0.3 is 19.6 Å². The molecule has 0 spiro atoms. The van der Waals surface area contributed by atoms with Crippen molar-refractivity contribution < 1.29 is 14.4 Å². The van der Waals surface area contributed by atoms with E-state index in [1.807, 2.05) is 18.2 Å². The van der Waals surface area contributed by atoms with Gasteiger partial charge in [0, 0.05) is 16.7 Å². The minimum Gasteiger partial charge on any atom is -0.490 e. The highest BCUT2D eigenvalue weighted by Gasteiger charge is 2.24. The normalized spacial score (nSPS) is 13.9. The average Bonchev–Trinajstić information content (AvgIpc) is 3.00. The first-order chi connectivity index (χ1) is 11.2. The first-order valence-corrected chi connectivity index (χ1v) is 8.59. The zero-order chi connectivity index (χ0) is 15.8. The summed E-state index contributed by atoms with van der Waals surface area (Å²) >= 11 is 2.62. The van der Waals surface area contributed by atoms with Crippen molar-refractivity contribution in [3.8, 4) is 11.5 Å². The first-order valence-electron chi connectivity index (χ1n) is 6.90. The Labute approximate surface area is 139 Å². The summed E-state index contributed by atoms with van der Waals surface area (Å²) in [6.07, 6.45) is 2.49. The third-order valence-corrected chi connectivity index (χ3v) is 5.03. The Kier molecular flexibility index (Phi) is 3.58. The maximum Gasteiger partial charge on any atom is 0.363 e. The van der Waals surface area contributed by atoms with Crippen LogP contribution in [0, 0.1) is 10.1 Å². The highest BCUT2D eigenvalue weighted by molar-refractivity contribution is 7.99. The molecule has 0 amide bonds. The first kappa shape index (κ1) is 14.3. The number of fused-ring (bicyclic) bond motifs is 2. The summed E-state index contributed by atoms with van der Waals surface area (Å²) in [4.78, 5) is 16.7. The van der Waals surface area contributed by atoms with Crippen LogP contribution in [-0.2, 0) is 0 Å². The van der Waals surface area contributed by atoms with Gasteiger partial charge >= 0.3 is 5.82 Å². The lowest BCUT2D eigenvalue weighted by molar-refractivity contribution is -0.393. The molecule has 0 saturated carbocycles. The molecule has 0 bridgehead atoms.